The van der Waals surface area contributed by atoms with Gasteiger partial charge in [0.05, 0.1) is 12.2 Å². The first kappa shape index (κ1) is 12.6. The summed E-state index contributed by atoms with van der Waals surface area (Å²) in [6.45, 7) is 8.78. The van der Waals surface area contributed by atoms with Gasteiger partial charge < -0.3 is 10.1 Å². The number of nitrogens with one attached hydrogen (secondary N) is 1. The van der Waals surface area contributed by atoms with Crippen molar-refractivity contribution in [3.63, 3.8) is 0 Å². The maximum Gasteiger partial charge on any atom is 0.0971 e. The van der Waals surface area contributed by atoms with Gasteiger partial charge in [-0.25, -0.2) is 0 Å². The Morgan fingerprint density at radius 2 is 2.28 bits per heavy atom. The SMILES string of the molecule is CCc1cc2c(s1)CCOC21CCNC(C)(C)C1. The highest BCUT2D eigenvalue weighted by Gasteiger charge is 2.45. The van der Waals surface area contributed by atoms with Crippen molar-refractivity contribution >= 4 is 11.3 Å². The monoisotopic (exact) mass is 265 g/mol. The van der Waals surface area contributed by atoms with Crippen LogP contribution in [0.5, 0.6) is 0 Å². The summed E-state index contributed by atoms with van der Waals surface area (Å²) in [7, 11) is 0. The van der Waals surface area contributed by atoms with Crippen molar-refractivity contribution in [3.05, 3.63) is 21.4 Å². The molecule has 1 aromatic rings. The predicted molar refractivity (Wildman–Crippen MR) is 76.3 cm³/mol. The van der Waals surface area contributed by atoms with E-state index >= 15 is 0 Å². The molecule has 0 bridgehead atoms. The van der Waals surface area contributed by atoms with E-state index in [0.29, 0.717) is 0 Å². The summed E-state index contributed by atoms with van der Waals surface area (Å²) < 4.78 is 6.29. The number of rotatable bonds is 1. The third-order valence-corrected chi connectivity index (χ3v) is 5.61. The van der Waals surface area contributed by atoms with E-state index in [2.05, 4.69) is 32.2 Å². The van der Waals surface area contributed by atoms with Crippen molar-refractivity contribution < 1.29 is 4.74 Å². The summed E-state index contributed by atoms with van der Waals surface area (Å²) in [4.78, 5) is 3.09. The number of aryl methyl sites for hydroxylation is 1. The molecule has 3 heteroatoms. The molecule has 1 spiro atoms. The van der Waals surface area contributed by atoms with Gasteiger partial charge in [-0.05, 0) is 51.3 Å². The van der Waals surface area contributed by atoms with Crippen molar-refractivity contribution in [2.24, 2.45) is 0 Å². The molecule has 1 unspecified atom stereocenters. The molecule has 0 amide bonds. The van der Waals surface area contributed by atoms with Crippen molar-refractivity contribution in [2.75, 3.05) is 13.2 Å². The molecule has 2 aliphatic heterocycles. The highest BCUT2D eigenvalue weighted by atomic mass is 32.1. The van der Waals surface area contributed by atoms with Crippen LogP contribution in [-0.4, -0.2) is 18.7 Å². The molecule has 1 fully saturated rings. The van der Waals surface area contributed by atoms with E-state index in [4.69, 9.17) is 4.74 Å². The summed E-state index contributed by atoms with van der Waals surface area (Å²) in [5.41, 5.74) is 1.68. The molecule has 1 atom stereocenters. The Bertz CT molecular complexity index is 451. The number of hydrogen-bond acceptors (Lipinski definition) is 3. The molecular formula is C15H23NOS. The fourth-order valence-corrected chi connectivity index (χ4v) is 4.65. The first-order valence-corrected chi connectivity index (χ1v) is 7.87. The Morgan fingerprint density at radius 3 is 3.00 bits per heavy atom. The van der Waals surface area contributed by atoms with Gasteiger partial charge in [0.2, 0.25) is 0 Å². The Balaban J connectivity index is 2.01. The van der Waals surface area contributed by atoms with Gasteiger partial charge in [0, 0.05) is 21.7 Å². The molecule has 18 heavy (non-hydrogen) atoms. The summed E-state index contributed by atoms with van der Waals surface area (Å²) in [5.74, 6) is 0. The van der Waals surface area contributed by atoms with Crippen molar-refractivity contribution in [3.8, 4) is 0 Å². The van der Waals surface area contributed by atoms with Crippen LogP contribution in [0.1, 0.15) is 48.9 Å². The highest BCUT2D eigenvalue weighted by molar-refractivity contribution is 7.12. The van der Waals surface area contributed by atoms with Crippen molar-refractivity contribution in [1.82, 2.24) is 5.32 Å². The molecule has 3 heterocycles. The van der Waals surface area contributed by atoms with Gasteiger partial charge in [0.15, 0.2) is 0 Å². The maximum absolute atomic E-state index is 6.29. The van der Waals surface area contributed by atoms with Gasteiger partial charge in [-0.1, -0.05) is 6.92 Å². The van der Waals surface area contributed by atoms with Crippen LogP contribution in [0.3, 0.4) is 0 Å². The van der Waals surface area contributed by atoms with Gasteiger partial charge in [0.1, 0.15) is 0 Å². The molecule has 100 valence electrons. The number of ether oxygens (including phenoxy) is 1. The van der Waals surface area contributed by atoms with E-state index < -0.39 is 0 Å². The lowest BCUT2D eigenvalue weighted by Crippen LogP contribution is -2.54. The number of fused-ring (bicyclic) bond motifs is 2. The minimum atomic E-state index is -0.00769. The van der Waals surface area contributed by atoms with Crippen LogP contribution in [0, 0.1) is 0 Å². The third-order valence-electron chi connectivity index (χ3n) is 4.27. The van der Waals surface area contributed by atoms with Crippen LogP contribution in [0.25, 0.3) is 0 Å². The minimum Gasteiger partial charge on any atom is -0.370 e. The Labute approximate surface area is 114 Å². The Morgan fingerprint density at radius 1 is 1.44 bits per heavy atom. The second kappa shape index (κ2) is 4.32. The first-order chi connectivity index (χ1) is 8.55. The van der Waals surface area contributed by atoms with Crippen molar-refractivity contribution in [2.45, 2.75) is 57.6 Å². The number of hydrogen-bond donors (Lipinski definition) is 1. The summed E-state index contributed by atoms with van der Waals surface area (Å²) in [5, 5.41) is 3.60. The zero-order chi connectivity index (χ0) is 12.8. The van der Waals surface area contributed by atoms with Gasteiger partial charge in [0.25, 0.3) is 0 Å². The van der Waals surface area contributed by atoms with Crippen LogP contribution in [-0.2, 0) is 23.2 Å². The maximum atomic E-state index is 6.29. The lowest BCUT2D eigenvalue weighted by atomic mass is 9.75. The minimum absolute atomic E-state index is 0.00769. The fraction of sp³-hybridized carbons (Fsp3) is 0.733. The summed E-state index contributed by atoms with van der Waals surface area (Å²) >= 11 is 2.00. The van der Waals surface area contributed by atoms with Crippen LogP contribution >= 0.6 is 11.3 Å². The molecule has 2 nitrogen and oxygen atoms in total. The molecule has 1 N–H and O–H groups in total. The summed E-state index contributed by atoms with van der Waals surface area (Å²) in [6, 6.07) is 2.42. The quantitative estimate of drug-likeness (QED) is 0.841. The average molecular weight is 265 g/mol. The van der Waals surface area contributed by atoms with E-state index in [0.717, 1.165) is 38.8 Å². The molecule has 1 aromatic heterocycles. The van der Waals surface area contributed by atoms with Gasteiger partial charge in [-0.2, -0.15) is 0 Å². The molecule has 1 saturated heterocycles. The predicted octanol–water partition coefficient (Wildman–Crippen LogP) is 3.24. The standard InChI is InChI=1S/C15H23NOS/c1-4-11-9-12-13(18-11)5-8-17-15(12)6-7-16-14(2,3)10-15/h9,16H,4-8,10H2,1-3H3. The van der Waals surface area contributed by atoms with E-state index in [1.807, 2.05) is 11.3 Å². The zero-order valence-electron chi connectivity index (χ0n) is 11.6. The summed E-state index contributed by atoms with van der Waals surface area (Å²) in [6.07, 6.45) is 4.46. The molecule has 0 radical (unpaired) electrons. The Hall–Kier alpha value is -0.380. The van der Waals surface area contributed by atoms with Crippen molar-refractivity contribution in [1.29, 1.82) is 0 Å². The second-order valence-corrected chi connectivity index (χ2v) is 7.45. The number of thiophene rings is 1. The largest absolute Gasteiger partial charge is 0.370 e. The zero-order valence-corrected chi connectivity index (χ0v) is 12.5. The average Bonchev–Trinajstić information content (AvgIpc) is 2.72. The highest BCUT2D eigenvalue weighted by Crippen LogP contribution is 2.46. The fourth-order valence-electron chi connectivity index (χ4n) is 3.47. The molecule has 0 aliphatic carbocycles. The second-order valence-electron chi connectivity index (χ2n) is 6.23. The van der Waals surface area contributed by atoms with Crippen LogP contribution in [0.2, 0.25) is 0 Å². The topological polar surface area (TPSA) is 21.3 Å². The molecule has 3 rings (SSSR count). The third kappa shape index (κ3) is 2.02. The molecule has 2 aliphatic rings. The molecule has 0 saturated carbocycles. The van der Waals surface area contributed by atoms with Gasteiger partial charge >= 0.3 is 0 Å². The van der Waals surface area contributed by atoms with Crippen LogP contribution in [0.15, 0.2) is 6.07 Å². The lowest BCUT2D eigenvalue weighted by molar-refractivity contribution is -0.0988. The smallest absolute Gasteiger partial charge is 0.0971 e. The van der Waals surface area contributed by atoms with Crippen LogP contribution < -0.4 is 5.32 Å². The van der Waals surface area contributed by atoms with E-state index in [9.17, 15) is 0 Å². The van der Waals surface area contributed by atoms with Crippen LogP contribution in [0.4, 0.5) is 0 Å². The molecular weight excluding hydrogens is 242 g/mol. The van der Waals surface area contributed by atoms with E-state index in [-0.39, 0.29) is 11.1 Å². The number of piperidine rings is 1. The normalized spacial score (nSPS) is 30.4. The van der Waals surface area contributed by atoms with E-state index in [1.54, 1.807) is 4.88 Å². The lowest BCUT2D eigenvalue weighted by Gasteiger charge is -2.47. The molecule has 0 aromatic carbocycles. The van der Waals surface area contributed by atoms with Gasteiger partial charge in [-0.15, -0.1) is 11.3 Å². The first-order valence-electron chi connectivity index (χ1n) is 7.06. The van der Waals surface area contributed by atoms with E-state index in [1.165, 1.54) is 10.4 Å². The Kier molecular flexibility index (Phi) is 3.04. The van der Waals surface area contributed by atoms with Gasteiger partial charge in [-0.3, -0.25) is 0 Å².